The Bertz CT molecular complexity index is 333. The molecule has 0 aromatic rings. The Morgan fingerprint density at radius 2 is 1.89 bits per heavy atom. The van der Waals surface area contributed by atoms with Gasteiger partial charge in [0.1, 0.15) is 0 Å². The lowest BCUT2D eigenvalue weighted by Gasteiger charge is -2.29. The topological polar surface area (TPSA) is 39.7 Å². The van der Waals surface area contributed by atoms with E-state index in [2.05, 4.69) is 34.4 Å². The van der Waals surface area contributed by atoms with Gasteiger partial charge in [-0.15, -0.1) is 0 Å². The van der Waals surface area contributed by atoms with E-state index in [-0.39, 0.29) is 0 Å². The Morgan fingerprint density at radius 1 is 1.16 bits per heavy atom. The number of aliphatic imine (C=N–C) groups is 1. The lowest BCUT2D eigenvalue weighted by atomic mass is 9.93. The summed E-state index contributed by atoms with van der Waals surface area (Å²) >= 11 is 0. The Balaban J connectivity index is 1.51. The average molecular weight is 264 g/mol. The van der Waals surface area contributed by atoms with Gasteiger partial charge in [0.2, 0.25) is 0 Å². The van der Waals surface area contributed by atoms with Gasteiger partial charge < -0.3 is 10.6 Å². The van der Waals surface area contributed by atoms with Crippen molar-refractivity contribution in [3.05, 3.63) is 0 Å². The lowest BCUT2D eigenvalue weighted by Crippen LogP contribution is -2.50. The van der Waals surface area contributed by atoms with Crippen molar-refractivity contribution in [3.8, 4) is 0 Å². The summed E-state index contributed by atoms with van der Waals surface area (Å²) in [5.74, 6) is 1.04. The normalized spacial score (nSPS) is 33.3. The third kappa shape index (κ3) is 3.22. The van der Waals surface area contributed by atoms with E-state index in [9.17, 15) is 0 Å². The fraction of sp³-hybridized carbons (Fsp3) is 0.933. The summed E-state index contributed by atoms with van der Waals surface area (Å²) in [6.45, 7) is 6.53. The maximum Gasteiger partial charge on any atom is 0.191 e. The summed E-state index contributed by atoms with van der Waals surface area (Å²) in [7, 11) is 0. The van der Waals surface area contributed by atoms with E-state index in [1.54, 1.807) is 0 Å². The van der Waals surface area contributed by atoms with E-state index in [4.69, 9.17) is 0 Å². The number of nitrogens with one attached hydrogen (secondary N) is 2. The monoisotopic (exact) mass is 264 g/mol. The maximum atomic E-state index is 4.60. The van der Waals surface area contributed by atoms with E-state index in [0.29, 0.717) is 12.1 Å². The third-order valence-electron chi connectivity index (χ3n) is 4.74. The van der Waals surface area contributed by atoms with Gasteiger partial charge in [0.25, 0.3) is 0 Å². The van der Waals surface area contributed by atoms with Gasteiger partial charge in [-0.25, -0.2) is 0 Å². The van der Waals surface area contributed by atoms with Crippen LogP contribution in [0.3, 0.4) is 0 Å². The number of rotatable bonds is 4. The van der Waals surface area contributed by atoms with Crippen LogP contribution in [0, 0.1) is 0 Å². The first kappa shape index (κ1) is 13.2. The molecule has 0 amide bonds. The molecule has 3 fully saturated rings. The van der Waals surface area contributed by atoms with Crippen LogP contribution in [0.2, 0.25) is 0 Å². The van der Waals surface area contributed by atoms with Gasteiger partial charge in [-0.05, 0) is 52.4 Å². The molecule has 2 aliphatic carbocycles. The largest absolute Gasteiger partial charge is 0.354 e. The molecule has 4 nitrogen and oxygen atoms in total. The molecule has 0 radical (unpaired) electrons. The van der Waals surface area contributed by atoms with Crippen molar-refractivity contribution in [1.82, 2.24) is 15.5 Å². The van der Waals surface area contributed by atoms with Crippen LogP contribution in [0.4, 0.5) is 0 Å². The van der Waals surface area contributed by atoms with Gasteiger partial charge in [0.15, 0.2) is 5.96 Å². The second kappa shape index (κ2) is 5.70. The molecule has 0 bridgehead atoms. The first-order chi connectivity index (χ1) is 9.26. The number of likely N-dealkylation sites (tertiary alicyclic amines) is 1. The molecule has 19 heavy (non-hydrogen) atoms. The molecule has 2 N–H and O–H groups in total. The Hall–Kier alpha value is -0.770. The molecule has 108 valence electrons. The number of hydrogen-bond acceptors (Lipinski definition) is 2. The standard InChI is InChI=1S/C15H28N4/c1-3-16-15(17-12-5-4-6-12)18-13-9-11(2)19(10-13)14-7-8-14/h11-14H,3-10H2,1-2H3,(H2,16,17,18). The molecule has 1 aliphatic heterocycles. The molecule has 3 aliphatic rings. The highest BCUT2D eigenvalue weighted by molar-refractivity contribution is 5.80. The van der Waals surface area contributed by atoms with Crippen molar-refractivity contribution in [2.75, 3.05) is 13.1 Å². The minimum absolute atomic E-state index is 0.577. The second-order valence-electron chi connectivity index (χ2n) is 6.45. The summed E-state index contributed by atoms with van der Waals surface area (Å²) in [6.07, 6.45) is 8.05. The van der Waals surface area contributed by atoms with Crippen molar-refractivity contribution in [2.24, 2.45) is 4.99 Å². The summed E-state index contributed by atoms with van der Waals surface area (Å²) in [4.78, 5) is 7.28. The molecular formula is C15H28N4. The molecule has 4 heteroatoms. The van der Waals surface area contributed by atoms with Crippen molar-refractivity contribution in [2.45, 2.75) is 76.5 Å². The quantitative estimate of drug-likeness (QED) is 0.600. The van der Waals surface area contributed by atoms with E-state index in [1.165, 1.54) is 45.1 Å². The number of guanidine groups is 1. The molecule has 3 rings (SSSR count). The van der Waals surface area contributed by atoms with Gasteiger partial charge in [0, 0.05) is 37.3 Å². The lowest BCUT2D eigenvalue weighted by molar-refractivity contribution is 0.256. The number of hydrogen-bond donors (Lipinski definition) is 2. The van der Waals surface area contributed by atoms with Gasteiger partial charge in [0.05, 0.1) is 0 Å². The Kier molecular flexibility index (Phi) is 3.96. The molecule has 0 spiro atoms. The SMILES string of the molecule is CCN=C(NC1CCC1)NC1CC(C)N(C2CC2)C1. The average Bonchev–Trinajstić information content (AvgIpc) is 3.09. The third-order valence-corrected chi connectivity index (χ3v) is 4.74. The minimum Gasteiger partial charge on any atom is -0.354 e. The summed E-state index contributed by atoms with van der Waals surface area (Å²) in [5.41, 5.74) is 0. The molecule has 2 unspecified atom stereocenters. The summed E-state index contributed by atoms with van der Waals surface area (Å²) in [5, 5.41) is 7.23. The zero-order valence-electron chi connectivity index (χ0n) is 12.4. The van der Waals surface area contributed by atoms with Crippen LogP contribution < -0.4 is 10.6 Å². The van der Waals surface area contributed by atoms with Crippen LogP contribution in [-0.2, 0) is 0 Å². The highest BCUT2D eigenvalue weighted by atomic mass is 15.3. The second-order valence-corrected chi connectivity index (χ2v) is 6.45. The zero-order valence-corrected chi connectivity index (χ0v) is 12.4. The summed E-state index contributed by atoms with van der Waals surface area (Å²) < 4.78 is 0. The van der Waals surface area contributed by atoms with Crippen molar-refractivity contribution < 1.29 is 0 Å². The molecule has 0 aromatic heterocycles. The zero-order chi connectivity index (χ0) is 13.2. The molecule has 1 saturated heterocycles. The van der Waals surface area contributed by atoms with E-state index >= 15 is 0 Å². The van der Waals surface area contributed by atoms with Crippen LogP contribution >= 0.6 is 0 Å². The molecule has 2 atom stereocenters. The predicted octanol–water partition coefficient (Wildman–Crippen LogP) is 1.72. The summed E-state index contributed by atoms with van der Waals surface area (Å²) in [6, 6.07) is 2.86. The molecule has 2 saturated carbocycles. The number of nitrogens with zero attached hydrogens (tertiary/aromatic N) is 2. The first-order valence-electron chi connectivity index (χ1n) is 8.09. The van der Waals surface area contributed by atoms with Gasteiger partial charge in [-0.2, -0.15) is 0 Å². The highest BCUT2D eigenvalue weighted by Crippen LogP contribution is 2.33. The van der Waals surface area contributed by atoms with Crippen molar-refractivity contribution in [3.63, 3.8) is 0 Å². The minimum atomic E-state index is 0.577. The fourth-order valence-corrected chi connectivity index (χ4v) is 3.31. The molecular weight excluding hydrogens is 236 g/mol. The smallest absolute Gasteiger partial charge is 0.191 e. The molecule has 1 heterocycles. The fourth-order valence-electron chi connectivity index (χ4n) is 3.31. The van der Waals surface area contributed by atoms with Gasteiger partial charge in [-0.1, -0.05) is 0 Å². The van der Waals surface area contributed by atoms with Crippen LogP contribution in [-0.4, -0.2) is 48.1 Å². The van der Waals surface area contributed by atoms with Crippen LogP contribution in [0.25, 0.3) is 0 Å². The first-order valence-corrected chi connectivity index (χ1v) is 8.09. The van der Waals surface area contributed by atoms with E-state index in [1.807, 2.05) is 0 Å². The van der Waals surface area contributed by atoms with Crippen LogP contribution in [0.5, 0.6) is 0 Å². The maximum absolute atomic E-state index is 4.60. The van der Waals surface area contributed by atoms with Crippen molar-refractivity contribution in [1.29, 1.82) is 0 Å². The predicted molar refractivity (Wildman–Crippen MR) is 79.5 cm³/mol. The van der Waals surface area contributed by atoms with Crippen LogP contribution in [0.15, 0.2) is 4.99 Å². The van der Waals surface area contributed by atoms with Crippen molar-refractivity contribution >= 4 is 5.96 Å². The van der Waals surface area contributed by atoms with Gasteiger partial charge in [-0.3, -0.25) is 9.89 Å². The molecule has 0 aromatic carbocycles. The van der Waals surface area contributed by atoms with Gasteiger partial charge >= 0.3 is 0 Å². The van der Waals surface area contributed by atoms with E-state index in [0.717, 1.165) is 24.6 Å². The van der Waals surface area contributed by atoms with E-state index < -0.39 is 0 Å². The Labute approximate surface area is 117 Å². The Morgan fingerprint density at radius 3 is 2.47 bits per heavy atom. The van der Waals surface area contributed by atoms with Crippen LogP contribution in [0.1, 0.15) is 52.4 Å². The highest BCUT2D eigenvalue weighted by Gasteiger charge is 2.39.